The summed E-state index contributed by atoms with van der Waals surface area (Å²) in [7, 11) is 0. The number of carbonyl (C=O) groups is 1. The highest BCUT2D eigenvalue weighted by atomic mass is 19.1. The molecule has 3 heteroatoms. The van der Waals surface area contributed by atoms with Gasteiger partial charge in [0, 0.05) is 6.04 Å². The van der Waals surface area contributed by atoms with Gasteiger partial charge in [-0.1, -0.05) is 18.2 Å². The molecule has 0 aliphatic rings. The number of rotatable bonds is 4. The minimum atomic E-state index is -0.453. The molecule has 0 spiro atoms. The normalized spacial score (nSPS) is 11.9. The van der Waals surface area contributed by atoms with Crippen molar-refractivity contribution in [1.82, 2.24) is 5.32 Å². The molecule has 0 aliphatic carbocycles. The Kier molecular flexibility index (Phi) is 4.23. The number of halogens is 1. The summed E-state index contributed by atoms with van der Waals surface area (Å²) in [5, 5.41) is 2.71. The molecule has 86 valence electrons. The third-order valence-corrected chi connectivity index (χ3v) is 2.33. The largest absolute Gasteiger partial charge is 0.349 e. The number of carbonyl (C=O) groups excluding carboxylic acids is 1. The van der Waals surface area contributed by atoms with Gasteiger partial charge >= 0.3 is 0 Å². The summed E-state index contributed by atoms with van der Waals surface area (Å²) in [5.41, 5.74) is 0.569. The summed E-state index contributed by atoms with van der Waals surface area (Å²) in [6.45, 7) is 7.08. The lowest BCUT2D eigenvalue weighted by Crippen LogP contribution is -2.32. The molecule has 1 amide bonds. The van der Waals surface area contributed by atoms with Gasteiger partial charge in [-0.2, -0.15) is 0 Å². The van der Waals surface area contributed by atoms with Gasteiger partial charge in [-0.05, 0) is 31.9 Å². The highest BCUT2D eigenvalue weighted by molar-refractivity contribution is 5.94. The minimum absolute atomic E-state index is 0.0371. The molecule has 0 saturated carbocycles. The van der Waals surface area contributed by atoms with Crippen LogP contribution in [0.25, 0.3) is 0 Å². The average molecular weight is 221 g/mol. The van der Waals surface area contributed by atoms with E-state index < -0.39 is 5.82 Å². The smallest absolute Gasteiger partial charge is 0.254 e. The summed E-state index contributed by atoms with van der Waals surface area (Å²) in [6, 6.07) is 4.76. The second-order valence-electron chi connectivity index (χ2n) is 3.84. The van der Waals surface area contributed by atoms with Crippen molar-refractivity contribution in [3.8, 4) is 0 Å². The lowest BCUT2D eigenvalue weighted by molar-refractivity contribution is 0.0936. The Morgan fingerprint density at radius 2 is 2.31 bits per heavy atom. The first-order valence-corrected chi connectivity index (χ1v) is 5.23. The van der Waals surface area contributed by atoms with Gasteiger partial charge in [0.1, 0.15) is 5.82 Å². The van der Waals surface area contributed by atoms with Crippen LogP contribution in [0.4, 0.5) is 4.39 Å². The number of hydrogen-bond acceptors (Lipinski definition) is 1. The molecule has 2 nitrogen and oxygen atoms in total. The molecule has 1 atom stereocenters. The molecule has 0 heterocycles. The summed E-state index contributed by atoms with van der Waals surface area (Å²) < 4.78 is 13.6. The summed E-state index contributed by atoms with van der Waals surface area (Å²) >= 11 is 0. The van der Waals surface area contributed by atoms with Gasteiger partial charge in [0.2, 0.25) is 0 Å². The maximum Gasteiger partial charge on any atom is 0.254 e. The molecule has 16 heavy (non-hydrogen) atoms. The Morgan fingerprint density at radius 1 is 1.62 bits per heavy atom. The molecule has 1 N–H and O–H groups in total. The minimum Gasteiger partial charge on any atom is -0.349 e. The summed E-state index contributed by atoms with van der Waals surface area (Å²) in [6.07, 6.45) is 2.39. The van der Waals surface area contributed by atoms with Gasteiger partial charge in [-0.15, -0.1) is 6.58 Å². The van der Waals surface area contributed by atoms with Crippen LogP contribution in [0.5, 0.6) is 0 Å². The number of hydrogen-bond donors (Lipinski definition) is 1. The molecular formula is C13H16FNO. The van der Waals surface area contributed by atoms with Crippen molar-refractivity contribution >= 4 is 5.91 Å². The van der Waals surface area contributed by atoms with E-state index >= 15 is 0 Å². The SMILES string of the molecule is C=CCC(C)NC(=O)c1cccc(C)c1F. The Balaban J connectivity index is 2.81. The van der Waals surface area contributed by atoms with Gasteiger partial charge in [0.15, 0.2) is 0 Å². The molecule has 0 aromatic heterocycles. The van der Waals surface area contributed by atoms with Crippen molar-refractivity contribution in [3.63, 3.8) is 0 Å². The van der Waals surface area contributed by atoms with E-state index in [2.05, 4.69) is 11.9 Å². The molecule has 0 saturated heterocycles. The molecule has 1 unspecified atom stereocenters. The van der Waals surface area contributed by atoms with E-state index in [1.165, 1.54) is 6.07 Å². The molecule has 1 rings (SSSR count). The van der Waals surface area contributed by atoms with Crippen molar-refractivity contribution in [3.05, 3.63) is 47.8 Å². The zero-order valence-corrected chi connectivity index (χ0v) is 9.59. The van der Waals surface area contributed by atoms with E-state index in [0.29, 0.717) is 12.0 Å². The van der Waals surface area contributed by atoms with E-state index in [4.69, 9.17) is 0 Å². The molecule has 0 aliphatic heterocycles. The zero-order valence-electron chi connectivity index (χ0n) is 9.59. The Labute approximate surface area is 95.2 Å². The first kappa shape index (κ1) is 12.4. The maximum atomic E-state index is 13.6. The fourth-order valence-electron chi connectivity index (χ4n) is 1.43. The van der Waals surface area contributed by atoms with Gasteiger partial charge in [-0.25, -0.2) is 4.39 Å². The molecule has 0 fully saturated rings. The van der Waals surface area contributed by atoms with Crippen LogP contribution >= 0.6 is 0 Å². The van der Waals surface area contributed by atoms with Crippen LogP contribution in [0.1, 0.15) is 29.3 Å². The van der Waals surface area contributed by atoms with Gasteiger partial charge in [0.05, 0.1) is 5.56 Å². The van der Waals surface area contributed by atoms with E-state index in [1.54, 1.807) is 25.1 Å². The molecule has 1 aromatic rings. The number of nitrogens with one attached hydrogen (secondary N) is 1. The topological polar surface area (TPSA) is 29.1 Å². The van der Waals surface area contributed by atoms with E-state index in [-0.39, 0.29) is 17.5 Å². The first-order valence-electron chi connectivity index (χ1n) is 5.23. The van der Waals surface area contributed by atoms with Crippen LogP contribution in [0.2, 0.25) is 0 Å². The standard InChI is InChI=1S/C13H16FNO/c1-4-6-10(3)15-13(16)11-8-5-7-9(2)12(11)14/h4-5,7-8,10H,1,6H2,2-3H3,(H,15,16). The van der Waals surface area contributed by atoms with Gasteiger partial charge < -0.3 is 5.32 Å². The number of benzene rings is 1. The van der Waals surface area contributed by atoms with Gasteiger partial charge in [0.25, 0.3) is 5.91 Å². The highest BCUT2D eigenvalue weighted by Crippen LogP contribution is 2.12. The predicted octanol–water partition coefficient (Wildman–Crippen LogP) is 2.83. The molecule has 0 bridgehead atoms. The average Bonchev–Trinajstić information content (AvgIpc) is 2.22. The van der Waals surface area contributed by atoms with Crippen LogP contribution < -0.4 is 5.32 Å². The van der Waals surface area contributed by atoms with E-state index in [1.807, 2.05) is 6.92 Å². The van der Waals surface area contributed by atoms with Crippen LogP contribution in [-0.4, -0.2) is 11.9 Å². The van der Waals surface area contributed by atoms with Crippen molar-refractivity contribution in [2.45, 2.75) is 26.3 Å². The van der Waals surface area contributed by atoms with Gasteiger partial charge in [-0.3, -0.25) is 4.79 Å². The Morgan fingerprint density at radius 3 is 2.94 bits per heavy atom. The monoisotopic (exact) mass is 221 g/mol. The highest BCUT2D eigenvalue weighted by Gasteiger charge is 2.14. The lowest BCUT2D eigenvalue weighted by atomic mass is 10.1. The van der Waals surface area contributed by atoms with E-state index in [0.717, 1.165) is 0 Å². The van der Waals surface area contributed by atoms with Crippen LogP contribution in [0.3, 0.4) is 0 Å². The molecule has 0 radical (unpaired) electrons. The zero-order chi connectivity index (χ0) is 12.1. The first-order chi connectivity index (χ1) is 7.56. The van der Waals surface area contributed by atoms with Crippen molar-refractivity contribution in [2.75, 3.05) is 0 Å². The second-order valence-corrected chi connectivity index (χ2v) is 3.84. The molecular weight excluding hydrogens is 205 g/mol. The maximum absolute atomic E-state index is 13.6. The Bertz CT molecular complexity index is 401. The van der Waals surface area contributed by atoms with Crippen molar-refractivity contribution < 1.29 is 9.18 Å². The third-order valence-electron chi connectivity index (χ3n) is 2.33. The quantitative estimate of drug-likeness (QED) is 0.778. The summed E-state index contributed by atoms with van der Waals surface area (Å²) in [5.74, 6) is -0.832. The van der Waals surface area contributed by atoms with Crippen LogP contribution in [0, 0.1) is 12.7 Å². The summed E-state index contributed by atoms with van der Waals surface area (Å²) in [4.78, 5) is 11.7. The lowest BCUT2D eigenvalue weighted by Gasteiger charge is -2.12. The number of aryl methyl sites for hydroxylation is 1. The predicted molar refractivity (Wildman–Crippen MR) is 62.9 cm³/mol. The number of amides is 1. The third kappa shape index (κ3) is 2.92. The fourth-order valence-corrected chi connectivity index (χ4v) is 1.43. The van der Waals surface area contributed by atoms with Crippen LogP contribution in [0.15, 0.2) is 30.9 Å². The van der Waals surface area contributed by atoms with Crippen LogP contribution in [-0.2, 0) is 0 Å². The second kappa shape index (κ2) is 5.45. The Hall–Kier alpha value is -1.64. The fraction of sp³-hybridized carbons (Fsp3) is 0.308. The van der Waals surface area contributed by atoms with E-state index in [9.17, 15) is 9.18 Å². The van der Waals surface area contributed by atoms with Crippen molar-refractivity contribution in [1.29, 1.82) is 0 Å². The van der Waals surface area contributed by atoms with Crippen molar-refractivity contribution in [2.24, 2.45) is 0 Å². The molecule has 1 aromatic carbocycles.